The third-order valence-corrected chi connectivity index (χ3v) is 6.27. The number of hydrogen-bond donors (Lipinski definition) is 1. The third-order valence-electron chi connectivity index (χ3n) is 6.27. The molecule has 12 nitrogen and oxygen atoms in total. The number of allylic oxidation sites excluding steroid dienone is 1. The van der Waals surface area contributed by atoms with Crippen molar-refractivity contribution in [1.29, 1.82) is 10.5 Å². The fraction of sp³-hybridized carbons (Fsp3) is 0. The number of nitrogens with zero attached hydrogens (tertiary/aromatic N) is 5. The summed E-state index contributed by atoms with van der Waals surface area (Å²) in [5.74, 6) is -12.6. The van der Waals surface area contributed by atoms with Gasteiger partial charge in [0.15, 0.2) is 23.3 Å². The summed E-state index contributed by atoms with van der Waals surface area (Å²) < 4.78 is 84.3. The van der Waals surface area contributed by atoms with Gasteiger partial charge in [0, 0.05) is 29.8 Å². The van der Waals surface area contributed by atoms with Gasteiger partial charge in [-0.05, 0) is 36.4 Å². The SMILES string of the molecule is N#CC1=C/C(=C(/c2cc(C#N)c(Oc3ccc([N+](=O)[O-])cc3)[nH]2)c2c(F)c(F)c(F)c(F)c2F)N=C1Oc1ccc([N+](=O)[O-])cc1. The summed E-state index contributed by atoms with van der Waals surface area (Å²) in [5.41, 5.74) is -4.58. The van der Waals surface area contributed by atoms with Crippen LogP contribution in [0.4, 0.5) is 33.3 Å². The molecular formula is C29H11F5N6O6. The fourth-order valence-corrected chi connectivity index (χ4v) is 4.15. The molecule has 17 heteroatoms. The van der Waals surface area contributed by atoms with Gasteiger partial charge in [-0.3, -0.25) is 20.2 Å². The zero-order valence-electron chi connectivity index (χ0n) is 22.3. The molecule has 0 radical (unpaired) electrons. The van der Waals surface area contributed by atoms with Crippen LogP contribution in [-0.2, 0) is 0 Å². The molecule has 228 valence electrons. The predicted molar refractivity (Wildman–Crippen MR) is 146 cm³/mol. The number of hydrogen-bond acceptors (Lipinski definition) is 9. The lowest BCUT2D eigenvalue weighted by Gasteiger charge is -2.13. The van der Waals surface area contributed by atoms with E-state index in [0.29, 0.717) is 0 Å². The van der Waals surface area contributed by atoms with Crippen molar-refractivity contribution in [3.63, 3.8) is 0 Å². The summed E-state index contributed by atoms with van der Waals surface area (Å²) in [6, 6.07) is 13.4. The second-order valence-corrected chi connectivity index (χ2v) is 9.04. The Labute approximate surface area is 252 Å². The summed E-state index contributed by atoms with van der Waals surface area (Å²) in [5, 5.41) is 41.3. The number of aromatic nitrogens is 1. The number of ether oxygens (including phenoxy) is 2. The van der Waals surface area contributed by atoms with E-state index in [1.807, 2.05) is 0 Å². The van der Waals surface area contributed by atoms with Crippen LogP contribution >= 0.6 is 0 Å². The Morgan fingerprint density at radius 2 is 1.26 bits per heavy atom. The quantitative estimate of drug-likeness (QED) is 0.0750. The lowest BCUT2D eigenvalue weighted by atomic mass is 9.98. The standard InChI is InChI=1S/C29H11F5N6O6/c30-23-22(24(31)26(33)27(34)25(23)32)21(19-9-13(11-35)28(37-19)45-17-5-1-15(2-6-17)39(41)42)20-10-14(12-36)29(38-20)46-18-7-3-16(4-8-18)40(43)44/h1-10,37H/b21-20+. The second-order valence-electron chi connectivity index (χ2n) is 9.04. The molecule has 4 aromatic rings. The number of nitro benzene ring substituents is 2. The van der Waals surface area contributed by atoms with Crippen molar-refractivity contribution in [3.8, 4) is 29.5 Å². The summed E-state index contributed by atoms with van der Waals surface area (Å²) >= 11 is 0. The molecule has 0 saturated heterocycles. The smallest absolute Gasteiger partial charge is 0.269 e. The zero-order chi connectivity index (χ0) is 33.3. The van der Waals surface area contributed by atoms with E-state index in [2.05, 4.69) is 9.98 Å². The van der Waals surface area contributed by atoms with Crippen molar-refractivity contribution in [1.82, 2.24) is 4.98 Å². The van der Waals surface area contributed by atoms with Crippen LogP contribution in [0.3, 0.4) is 0 Å². The van der Waals surface area contributed by atoms with Gasteiger partial charge in [-0.2, -0.15) is 10.5 Å². The molecule has 0 spiro atoms. The maximum atomic E-state index is 15.2. The van der Waals surface area contributed by atoms with Crippen molar-refractivity contribution >= 4 is 22.8 Å². The average Bonchev–Trinajstić information content (AvgIpc) is 3.64. The van der Waals surface area contributed by atoms with Gasteiger partial charge < -0.3 is 14.5 Å². The van der Waals surface area contributed by atoms with Crippen molar-refractivity contribution in [2.24, 2.45) is 4.99 Å². The number of aromatic amines is 1. The highest BCUT2D eigenvalue weighted by atomic mass is 19.2. The Kier molecular flexibility index (Phi) is 7.99. The van der Waals surface area contributed by atoms with Crippen molar-refractivity contribution in [2.75, 3.05) is 0 Å². The molecule has 1 N–H and O–H groups in total. The van der Waals surface area contributed by atoms with Gasteiger partial charge in [-0.15, -0.1) is 0 Å². The fourth-order valence-electron chi connectivity index (χ4n) is 4.15. The first-order chi connectivity index (χ1) is 21.9. The van der Waals surface area contributed by atoms with Gasteiger partial charge in [0.1, 0.15) is 34.8 Å². The topological polar surface area (TPSA) is 180 Å². The highest BCUT2D eigenvalue weighted by Gasteiger charge is 2.33. The number of aliphatic imine (C=N–C) groups is 1. The molecule has 5 rings (SSSR count). The molecule has 0 unspecified atom stereocenters. The number of halogens is 5. The van der Waals surface area contributed by atoms with E-state index in [1.54, 1.807) is 12.1 Å². The number of nitriles is 2. The van der Waals surface area contributed by atoms with Crippen LogP contribution in [-0.4, -0.2) is 20.7 Å². The predicted octanol–water partition coefficient (Wildman–Crippen LogP) is 6.89. The number of H-pyrrole nitrogens is 1. The maximum absolute atomic E-state index is 15.2. The van der Waals surface area contributed by atoms with Gasteiger partial charge in [0.25, 0.3) is 11.4 Å². The van der Waals surface area contributed by atoms with Gasteiger partial charge in [-0.1, -0.05) is 0 Å². The Hall–Kier alpha value is -6.88. The first kappa shape index (κ1) is 30.6. The summed E-state index contributed by atoms with van der Waals surface area (Å²) in [6.45, 7) is 0. The van der Waals surface area contributed by atoms with Gasteiger partial charge >= 0.3 is 0 Å². The molecule has 0 bridgehead atoms. The minimum atomic E-state index is -2.44. The van der Waals surface area contributed by atoms with Gasteiger partial charge in [0.05, 0.1) is 26.8 Å². The second kappa shape index (κ2) is 12.0. The number of nitro groups is 2. The Morgan fingerprint density at radius 3 is 1.74 bits per heavy atom. The first-order valence-electron chi connectivity index (χ1n) is 12.4. The van der Waals surface area contributed by atoms with E-state index in [4.69, 9.17) is 9.47 Å². The van der Waals surface area contributed by atoms with Crippen LogP contribution in [0, 0.1) is 72.0 Å². The first-order valence-corrected chi connectivity index (χ1v) is 12.4. The van der Waals surface area contributed by atoms with Crippen LogP contribution in [0.15, 0.2) is 76.9 Å². The lowest BCUT2D eigenvalue weighted by Crippen LogP contribution is -2.09. The monoisotopic (exact) mass is 634 g/mol. The number of rotatable bonds is 7. The van der Waals surface area contributed by atoms with E-state index in [0.717, 1.165) is 48.5 Å². The molecule has 1 aliphatic heterocycles. The largest absolute Gasteiger partial charge is 0.440 e. The molecular weight excluding hydrogens is 623 g/mol. The van der Waals surface area contributed by atoms with E-state index in [-0.39, 0.29) is 39.9 Å². The van der Waals surface area contributed by atoms with E-state index < -0.39 is 67.4 Å². The van der Waals surface area contributed by atoms with E-state index in [9.17, 15) is 43.9 Å². The van der Waals surface area contributed by atoms with Crippen molar-refractivity contribution in [3.05, 3.63) is 138 Å². The Morgan fingerprint density at radius 1 is 0.761 bits per heavy atom. The minimum absolute atomic E-state index is 0.0368. The van der Waals surface area contributed by atoms with Crippen molar-refractivity contribution < 1.29 is 41.3 Å². The molecule has 3 aromatic carbocycles. The molecule has 1 aromatic heterocycles. The Bertz CT molecular complexity index is 2100. The van der Waals surface area contributed by atoms with E-state index >= 15 is 8.78 Å². The number of benzene rings is 3. The molecule has 46 heavy (non-hydrogen) atoms. The zero-order valence-corrected chi connectivity index (χ0v) is 22.3. The molecule has 2 heterocycles. The number of non-ortho nitro benzene ring substituents is 2. The normalized spacial score (nSPS) is 13.3. The highest BCUT2D eigenvalue weighted by Crippen LogP contribution is 2.39. The summed E-state index contributed by atoms with van der Waals surface area (Å²) in [6.07, 6.45) is 0.915. The highest BCUT2D eigenvalue weighted by molar-refractivity contribution is 6.04. The summed E-state index contributed by atoms with van der Waals surface area (Å²) in [4.78, 5) is 27.1. The molecule has 0 amide bonds. The van der Waals surface area contributed by atoms with Crippen LogP contribution in [0.1, 0.15) is 16.8 Å². The molecule has 0 aliphatic carbocycles. The van der Waals surface area contributed by atoms with Gasteiger partial charge in [-0.25, -0.2) is 26.9 Å². The molecule has 0 saturated carbocycles. The third kappa shape index (κ3) is 5.58. The Balaban J connectivity index is 1.69. The molecule has 0 atom stereocenters. The number of nitrogens with one attached hydrogen (secondary N) is 1. The van der Waals surface area contributed by atoms with Crippen molar-refractivity contribution in [2.45, 2.75) is 0 Å². The average molecular weight is 634 g/mol. The van der Waals surface area contributed by atoms with E-state index in [1.165, 1.54) is 12.1 Å². The summed E-state index contributed by atoms with van der Waals surface area (Å²) in [7, 11) is 0. The van der Waals surface area contributed by atoms with Crippen LogP contribution in [0.5, 0.6) is 17.4 Å². The van der Waals surface area contributed by atoms with Crippen LogP contribution in [0.2, 0.25) is 0 Å². The molecule has 1 aliphatic rings. The lowest BCUT2D eigenvalue weighted by molar-refractivity contribution is -0.385. The molecule has 0 fully saturated rings. The van der Waals surface area contributed by atoms with Crippen LogP contribution < -0.4 is 9.47 Å². The van der Waals surface area contributed by atoms with Gasteiger partial charge in [0.2, 0.25) is 17.6 Å². The van der Waals surface area contributed by atoms with Crippen LogP contribution in [0.25, 0.3) is 5.57 Å². The minimum Gasteiger partial charge on any atom is -0.440 e. The maximum Gasteiger partial charge on any atom is 0.269 e.